The van der Waals surface area contributed by atoms with E-state index in [1.54, 1.807) is 0 Å². The zero-order chi connectivity index (χ0) is 24.1. The summed E-state index contributed by atoms with van der Waals surface area (Å²) >= 11 is 5.88. The minimum Gasteiger partial charge on any atom is -0.466 e. The third-order valence-electron chi connectivity index (χ3n) is 5.07. The van der Waals surface area contributed by atoms with Gasteiger partial charge in [-0.15, -0.1) is 0 Å². The lowest BCUT2D eigenvalue weighted by Gasteiger charge is -2.30. The van der Waals surface area contributed by atoms with Crippen molar-refractivity contribution in [3.05, 3.63) is 47.0 Å². The summed E-state index contributed by atoms with van der Waals surface area (Å²) in [5.74, 6) is -6.38. The Balaban J connectivity index is 2.80. The number of hydrogen-bond acceptors (Lipinski definition) is 7. The Morgan fingerprint density at radius 2 is 1.62 bits per heavy atom. The number of carbonyl (C=O) groups excluding carboxylic acids is 3. The molecule has 0 bridgehead atoms. The van der Waals surface area contributed by atoms with Gasteiger partial charge in [-0.05, 0) is 31.5 Å². The van der Waals surface area contributed by atoms with Crippen molar-refractivity contribution in [2.75, 3.05) is 20.3 Å². The Kier molecular flexibility index (Phi) is 8.30. The molecular weight excluding hydrogens is 455 g/mol. The van der Waals surface area contributed by atoms with E-state index in [0.29, 0.717) is 0 Å². The molecule has 1 aliphatic rings. The van der Waals surface area contributed by atoms with Gasteiger partial charge in [-0.3, -0.25) is 5.32 Å². The van der Waals surface area contributed by atoms with Crippen molar-refractivity contribution in [2.45, 2.75) is 37.5 Å². The Hall–Kier alpha value is -2.59. The van der Waals surface area contributed by atoms with Crippen LogP contribution in [0.25, 0.3) is 0 Å². The van der Waals surface area contributed by atoms with Gasteiger partial charge in [0.15, 0.2) is 0 Å². The zero-order valence-electron chi connectivity index (χ0n) is 17.6. The highest BCUT2D eigenvalue weighted by Crippen LogP contribution is 2.49. The van der Waals surface area contributed by atoms with E-state index in [2.05, 4.69) is 10.1 Å². The van der Waals surface area contributed by atoms with Crippen LogP contribution in [-0.2, 0) is 28.6 Å². The van der Waals surface area contributed by atoms with Crippen LogP contribution in [0.2, 0.25) is 5.02 Å². The van der Waals surface area contributed by atoms with Crippen LogP contribution in [0.3, 0.4) is 0 Å². The molecule has 0 saturated carbocycles. The van der Waals surface area contributed by atoms with Crippen LogP contribution in [-0.4, -0.2) is 56.0 Å². The molecule has 1 aromatic rings. The normalized spacial score (nSPS) is 22.5. The third kappa shape index (κ3) is 5.07. The van der Waals surface area contributed by atoms with E-state index in [9.17, 15) is 27.6 Å². The third-order valence-corrected chi connectivity index (χ3v) is 5.32. The first kappa shape index (κ1) is 25.7. The lowest BCUT2D eigenvalue weighted by Crippen LogP contribution is -2.62. The predicted molar refractivity (Wildman–Crippen MR) is 108 cm³/mol. The number of carbonyl (C=O) groups is 3. The van der Waals surface area contributed by atoms with Gasteiger partial charge in [0.05, 0.1) is 20.3 Å². The number of alkyl halides is 3. The van der Waals surface area contributed by atoms with E-state index in [1.165, 1.54) is 38.1 Å². The van der Waals surface area contributed by atoms with E-state index < -0.39 is 47.5 Å². The van der Waals surface area contributed by atoms with E-state index in [4.69, 9.17) is 21.1 Å². The van der Waals surface area contributed by atoms with Crippen LogP contribution in [0.1, 0.15) is 25.3 Å². The Bertz CT molecular complexity index is 853. The smallest absolute Gasteiger partial charge is 0.404 e. The number of hydrogen-bond donors (Lipinski definition) is 1. The highest BCUT2D eigenvalue weighted by atomic mass is 35.5. The summed E-state index contributed by atoms with van der Waals surface area (Å²) in [5.41, 5.74) is -2.42. The lowest BCUT2D eigenvalue weighted by atomic mass is 9.75. The maximum atomic E-state index is 14.1. The fourth-order valence-corrected chi connectivity index (χ4v) is 3.88. The molecule has 1 heterocycles. The highest BCUT2D eigenvalue weighted by Gasteiger charge is 2.68. The maximum Gasteiger partial charge on any atom is 0.404 e. The molecule has 0 amide bonds. The molecular formula is C21H23ClF3NO6. The summed E-state index contributed by atoms with van der Waals surface area (Å²) in [6.45, 7) is 2.50. The van der Waals surface area contributed by atoms with Crippen LogP contribution < -0.4 is 5.32 Å². The summed E-state index contributed by atoms with van der Waals surface area (Å²) in [6, 6.07) is 3.16. The van der Waals surface area contributed by atoms with E-state index in [1.807, 2.05) is 0 Å². The summed E-state index contributed by atoms with van der Waals surface area (Å²) in [5, 5.41) is 2.44. The van der Waals surface area contributed by atoms with E-state index in [-0.39, 0.29) is 23.8 Å². The van der Waals surface area contributed by atoms with Crippen molar-refractivity contribution < 1.29 is 41.8 Å². The van der Waals surface area contributed by atoms with Gasteiger partial charge in [0.2, 0.25) is 5.54 Å². The van der Waals surface area contributed by atoms with Crippen LogP contribution in [0.5, 0.6) is 0 Å². The number of rotatable bonds is 7. The van der Waals surface area contributed by atoms with Gasteiger partial charge in [0.25, 0.3) is 0 Å². The van der Waals surface area contributed by atoms with Crippen molar-refractivity contribution in [1.82, 2.24) is 5.32 Å². The molecule has 32 heavy (non-hydrogen) atoms. The van der Waals surface area contributed by atoms with Gasteiger partial charge in [-0.25, -0.2) is 14.4 Å². The average molecular weight is 478 g/mol. The molecule has 0 spiro atoms. The molecule has 0 unspecified atom stereocenters. The molecule has 0 aliphatic carbocycles. The number of ether oxygens (including phenoxy) is 3. The topological polar surface area (TPSA) is 90.9 Å². The Labute approximate surface area is 187 Å². The summed E-state index contributed by atoms with van der Waals surface area (Å²) in [6.07, 6.45) is -2.97. The summed E-state index contributed by atoms with van der Waals surface area (Å²) in [7, 11) is 1.08. The molecule has 1 N–H and O–H groups in total. The average Bonchev–Trinajstić information content (AvgIpc) is 3.09. The number of nitrogens with one attached hydrogen (secondary N) is 1. The van der Waals surface area contributed by atoms with Crippen LogP contribution in [0, 0.1) is 5.92 Å². The van der Waals surface area contributed by atoms with Crippen LogP contribution in [0.15, 0.2) is 36.4 Å². The first-order valence-corrected chi connectivity index (χ1v) is 10.1. The number of halogens is 4. The molecule has 1 aromatic carbocycles. The molecule has 7 nitrogen and oxygen atoms in total. The van der Waals surface area contributed by atoms with Gasteiger partial charge in [-0.2, -0.15) is 13.2 Å². The SMILES string of the molecule is CCOC(=O)C1(C(=O)OCC)N[C@@H](C(F)(F)F)[C@H](c2ccc(Cl)cc2)[C@H]1/C=C/C(=O)OC. The van der Waals surface area contributed by atoms with Crippen LogP contribution in [0.4, 0.5) is 13.2 Å². The first-order chi connectivity index (χ1) is 15.0. The Morgan fingerprint density at radius 3 is 2.06 bits per heavy atom. The predicted octanol–water partition coefficient (Wildman–Crippen LogP) is 3.17. The van der Waals surface area contributed by atoms with Gasteiger partial charge in [0.1, 0.15) is 6.04 Å². The van der Waals surface area contributed by atoms with E-state index >= 15 is 0 Å². The van der Waals surface area contributed by atoms with Gasteiger partial charge < -0.3 is 14.2 Å². The van der Waals surface area contributed by atoms with Crippen molar-refractivity contribution >= 4 is 29.5 Å². The monoisotopic (exact) mass is 477 g/mol. The Morgan fingerprint density at radius 1 is 1.09 bits per heavy atom. The van der Waals surface area contributed by atoms with Gasteiger partial charge in [0, 0.05) is 22.9 Å². The molecule has 0 aromatic heterocycles. The molecule has 176 valence electrons. The van der Waals surface area contributed by atoms with Gasteiger partial charge in [-0.1, -0.05) is 29.8 Å². The second-order valence-electron chi connectivity index (χ2n) is 6.90. The van der Waals surface area contributed by atoms with Crippen molar-refractivity contribution in [3.63, 3.8) is 0 Å². The molecule has 1 aliphatic heterocycles. The molecule has 1 saturated heterocycles. The number of esters is 3. The largest absolute Gasteiger partial charge is 0.466 e. The highest BCUT2D eigenvalue weighted by molar-refractivity contribution is 6.30. The minimum absolute atomic E-state index is 0.138. The molecule has 0 radical (unpaired) electrons. The van der Waals surface area contributed by atoms with Crippen molar-refractivity contribution in [3.8, 4) is 0 Å². The quantitative estimate of drug-likeness (QED) is 0.279. The summed E-state index contributed by atoms with van der Waals surface area (Å²) < 4.78 is 56.9. The lowest BCUT2D eigenvalue weighted by molar-refractivity contribution is -0.171. The minimum atomic E-state index is -4.87. The number of benzene rings is 1. The molecule has 3 atom stereocenters. The van der Waals surface area contributed by atoms with Crippen molar-refractivity contribution in [1.29, 1.82) is 0 Å². The fourth-order valence-electron chi connectivity index (χ4n) is 3.76. The molecule has 1 fully saturated rings. The maximum absolute atomic E-state index is 14.1. The molecule has 2 rings (SSSR count). The zero-order valence-corrected chi connectivity index (χ0v) is 18.3. The molecule has 11 heteroatoms. The standard InChI is InChI=1S/C21H23ClF3NO6/c1-4-31-18(28)20(19(29)32-5-2)14(10-11-15(27)30-3)16(17(26-20)21(23,24)25)12-6-8-13(22)9-7-12/h6-11,14,16-17,26H,4-5H2,1-3H3/b11-10+/t14-,16-,17-/m1/s1. The van der Waals surface area contributed by atoms with Gasteiger partial charge >= 0.3 is 24.1 Å². The summed E-state index contributed by atoms with van der Waals surface area (Å²) in [4.78, 5) is 37.7. The number of methoxy groups -OCH3 is 1. The van der Waals surface area contributed by atoms with E-state index in [0.717, 1.165) is 19.3 Å². The van der Waals surface area contributed by atoms with Crippen molar-refractivity contribution in [2.24, 2.45) is 5.92 Å². The van der Waals surface area contributed by atoms with Crippen LogP contribution >= 0.6 is 11.6 Å². The second-order valence-corrected chi connectivity index (χ2v) is 7.33. The second kappa shape index (κ2) is 10.4. The first-order valence-electron chi connectivity index (χ1n) is 9.73. The fraction of sp³-hybridized carbons (Fsp3) is 0.476.